The Hall–Kier alpha value is -0.730. The molecule has 3 heteroatoms. The highest BCUT2D eigenvalue weighted by atomic mass is 35.5. The Morgan fingerprint density at radius 2 is 2.27 bits per heavy atom. The number of rotatable bonds is 4. The van der Waals surface area contributed by atoms with Crippen molar-refractivity contribution in [3.63, 3.8) is 0 Å². The van der Waals surface area contributed by atoms with E-state index in [9.17, 15) is 5.11 Å². The average Bonchev–Trinajstić information content (AvgIpc) is 2.99. The first kappa shape index (κ1) is 10.8. The summed E-state index contributed by atoms with van der Waals surface area (Å²) >= 11 is 6.04. The maximum absolute atomic E-state index is 9.37. The van der Waals surface area contributed by atoms with E-state index >= 15 is 0 Å². The molecule has 1 fully saturated rings. The fourth-order valence-corrected chi connectivity index (χ4v) is 1.63. The molecule has 82 valence electrons. The van der Waals surface area contributed by atoms with E-state index in [-0.39, 0.29) is 0 Å². The lowest BCUT2D eigenvalue weighted by atomic mass is 10.1. The third-order valence-corrected chi connectivity index (χ3v) is 2.91. The molecule has 2 rings (SSSR count). The molecule has 1 aliphatic rings. The van der Waals surface area contributed by atoms with E-state index in [0.29, 0.717) is 10.8 Å². The Morgan fingerprint density at radius 1 is 1.53 bits per heavy atom. The van der Waals surface area contributed by atoms with Crippen molar-refractivity contribution in [2.24, 2.45) is 5.92 Å². The fourth-order valence-electron chi connectivity index (χ4n) is 1.39. The summed E-state index contributed by atoms with van der Waals surface area (Å²) in [6, 6.07) is 5.43. The van der Waals surface area contributed by atoms with Crippen LogP contribution in [0.5, 0.6) is 5.75 Å². The van der Waals surface area contributed by atoms with Gasteiger partial charge >= 0.3 is 0 Å². The van der Waals surface area contributed by atoms with Gasteiger partial charge in [0.1, 0.15) is 5.75 Å². The molecule has 1 atom stereocenters. The third kappa shape index (κ3) is 2.86. The number of hydrogen-bond donors (Lipinski definition) is 1. The van der Waals surface area contributed by atoms with Crippen LogP contribution in [0.25, 0.3) is 0 Å². The van der Waals surface area contributed by atoms with Crippen LogP contribution in [0.3, 0.4) is 0 Å². The normalized spacial score (nSPS) is 17.5. The SMILES string of the molecule is C[C@@H](O)c1ccc(OCC2CC2)c(Cl)c1. The summed E-state index contributed by atoms with van der Waals surface area (Å²) in [4.78, 5) is 0. The molecule has 0 heterocycles. The summed E-state index contributed by atoms with van der Waals surface area (Å²) in [7, 11) is 0. The lowest BCUT2D eigenvalue weighted by Crippen LogP contribution is -2.00. The molecule has 0 spiro atoms. The van der Waals surface area contributed by atoms with Crippen LogP contribution in [0.15, 0.2) is 18.2 Å². The average molecular weight is 227 g/mol. The molecule has 15 heavy (non-hydrogen) atoms. The lowest BCUT2D eigenvalue weighted by Gasteiger charge is -2.10. The zero-order valence-corrected chi connectivity index (χ0v) is 9.50. The van der Waals surface area contributed by atoms with Crippen molar-refractivity contribution in [2.45, 2.75) is 25.9 Å². The molecule has 1 aromatic rings. The Balaban J connectivity index is 2.04. The van der Waals surface area contributed by atoms with Crippen molar-refractivity contribution < 1.29 is 9.84 Å². The largest absolute Gasteiger partial charge is 0.492 e. The summed E-state index contributed by atoms with van der Waals surface area (Å²) in [5.74, 6) is 1.44. The third-order valence-electron chi connectivity index (χ3n) is 2.61. The maximum Gasteiger partial charge on any atom is 0.137 e. The highest BCUT2D eigenvalue weighted by Crippen LogP contribution is 2.32. The lowest BCUT2D eigenvalue weighted by molar-refractivity contribution is 0.199. The number of halogens is 1. The van der Waals surface area contributed by atoms with Gasteiger partial charge in [-0.05, 0) is 43.4 Å². The van der Waals surface area contributed by atoms with E-state index in [4.69, 9.17) is 16.3 Å². The van der Waals surface area contributed by atoms with Crippen molar-refractivity contribution in [1.29, 1.82) is 0 Å². The molecular formula is C12H15ClO2. The van der Waals surface area contributed by atoms with E-state index in [1.165, 1.54) is 12.8 Å². The minimum atomic E-state index is -0.486. The minimum Gasteiger partial charge on any atom is -0.492 e. The van der Waals surface area contributed by atoms with Gasteiger partial charge in [0.15, 0.2) is 0 Å². The van der Waals surface area contributed by atoms with Gasteiger partial charge in [-0.2, -0.15) is 0 Å². The molecule has 0 aliphatic heterocycles. The van der Waals surface area contributed by atoms with Crippen molar-refractivity contribution in [3.8, 4) is 5.75 Å². The van der Waals surface area contributed by atoms with E-state index in [1.807, 2.05) is 12.1 Å². The van der Waals surface area contributed by atoms with Gasteiger partial charge in [-0.25, -0.2) is 0 Å². The molecule has 2 nitrogen and oxygen atoms in total. The van der Waals surface area contributed by atoms with Crippen molar-refractivity contribution in [2.75, 3.05) is 6.61 Å². The summed E-state index contributed by atoms with van der Waals surface area (Å²) in [5, 5.41) is 9.95. The van der Waals surface area contributed by atoms with Crippen LogP contribution in [0, 0.1) is 5.92 Å². The van der Waals surface area contributed by atoms with Crippen LogP contribution in [-0.4, -0.2) is 11.7 Å². The van der Waals surface area contributed by atoms with Gasteiger partial charge in [-0.3, -0.25) is 0 Å². The summed E-state index contributed by atoms with van der Waals surface area (Å²) in [6.07, 6.45) is 2.05. The molecule has 0 unspecified atom stereocenters. The molecule has 0 radical (unpaired) electrons. The van der Waals surface area contributed by atoms with E-state index in [1.54, 1.807) is 13.0 Å². The Kier molecular flexibility index (Phi) is 3.17. The zero-order chi connectivity index (χ0) is 10.8. The van der Waals surface area contributed by atoms with E-state index in [2.05, 4.69) is 0 Å². The Morgan fingerprint density at radius 3 is 2.80 bits per heavy atom. The number of benzene rings is 1. The van der Waals surface area contributed by atoms with Crippen LogP contribution in [0.1, 0.15) is 31.4 Å². The summed E-state index contributed by atoms with van der Waals surface area (Å²) < 4.78 is 5.58. The van der Waals surface area contributed by atoms with Crippen molar-refractivity contribution in [3.05, 3.63) is 28.8 Å². The molecule has 0 amide bonds. The molecule has 0 aromatic heterocycles. The summed E-state index contributed by atoms with van der Waals surface area (Å²) in [6.45, 7) is 2.48. The molecular weight excluding hydrogens is 212 g/mol. The number of hydrogen-bond acceptors (Lipinski definition) is 2. The van der Waals surface area contributed by atoms with Crippen LogP contribution >= 0.6 is 11.6 Å². The molecule has 1 aliphatic carbocycles. The fraction of sp³-hybridized carbons (Fsp3) is 0.500. The Labute approximate surface area is 94.8 Å². The maximum atomic E-state index is 9.37. The molecule has 1 saturated carbocycles. The van der Waals surface area contributed by atoms with E-state index < -0.39 is 6.10 Å². The van der Waals surface area contributed by atoms with Crippen molar-refractivity contribution in [1.82, 2.24) is 0 Å². The van der Waals surface area contributed by atoms with Crippen LogP contribution in [0.4, 0.5) is 0 Å². The predicted octanol–water partition coefficient (Wildman–Crippen LogP) is 3.18. The number of ether oxygens (including phenoxy) is 1. The van der Waals surface area contributed by atoms with E-state index in [0.717, 1.165) is 18.1 Å². The van der Waals surface area contributed by atoms with Gasteiger partial charge < -0.3 is 9.84 Å². The topological polar surface area (TPSA) is 29.5 Å². The minimum absolute atomic E-state index is 0.486. The first-order chi connectivity index (χ1) is 7.16. The Bertz CT molecular complexity index is 345. The smallest absolute Gasteiger partial charge is 0.137 e. The number of aliphatic hydroxyl groups excluding tert-OH is 1. The van der Waals surface area contributed by atoms with Crippen LogP contribution in [-0.2, 0) is 0 Å². The van der Waals surface area contributed by atoms with Gasteiger partial charge in [0, 0.05) is 0 Å². The molecule has 1 N–H and O–H groups in total. The van der Waals surface area contributed by atoms with Gasteiger partial charge in [-0.1, -0.05) is 17.7 Å². The molecule has 0 saturated heterocycles. The zero-order valence-electron chi connectivity index (χ0n) is 8.74. The second-order valence-corrected chi connectivity index (χ2v) is 4.53. The second-order valence-electron chi connectivity index (χ2n) is 4.12. The van der Waals surface area contributed by atoms with Crippen LogP contribution in [0.2, 0.25) is 5.02 Å². The highest BCUT2D eigenvalue weighted by Gasteiger charge is 2.22. The molecule has 0 bridgehead atoms. The first-order valence-corrected chi connectivity index (χ1v) is 5.65. The predicted molar refractivity (Wildman–Crippen MR) is 60.3 cm³/mol. The van der Waals surface area contributed by atoms with Gasteiger partial charge in [-0.15, -0.1) is 0 Å². The summed E-state index contributed by atoms with van der Waals surface area (Å²) in [5.41, 5.74) is 0.818. The van der Waals surface area contributed by atoms with Gasteiger partial charge in [0.25, 0.3) is 0 Å². The highest BCUT2D eigenvalue weighted by molar-refractivity contribution is 6.32. The number of aliphatic hydroxyl groups is 1. The monoisotopic (exact) mass is 226 g/mol. The standard InChI is InChI=1S/C12H15ClO2/c1-8(14)10-4-5-12(11(13)6-10)15-7-9-2-3-9/h4-6,8-9,14H,2-3,7H2,1H3/t8-/m1/s1. The first-order valence-electron chi connectivity index (χ1n) is 5.27. The quantitative estimate of drug-likeness (QED) is 0.855. The second kappa shape index (κ2) is 4.42. The van der Waals surface area contributed by atoms with Crippen molar-refractivity contribution >= 4 is 11.6 Å². The molecule has 1 aromatic carbocycles. The van der Waals surface area contributed by atoms with Crippen LogP contribution < -0.4 is 4.74 Å². The van der Waals surface area contributed by atoms with Gasteiger partial charge in [0.05, 0.1) is 17.7 Å². The van der Waals surface area contributed by atoms with Gasteiger partial charge in [0.2, 0.25) is 0 Å².